The summed E-state index contributed by atoms with van der Waals surface area (Å²) in [6.45, 7) is 7.92. The molecule has 7 heteroatoms. The highest BCUT2D eigenvalue weighted by Gasteiger charge is 2.35. The van der Waals surface area contributed by atoms with E-state index in [1.807, 2.05) is 44.2 Å². The Labute approximate surface area is 160 Å². The Hall–Kier alpha value is -2.54. The van der Waals surface area contributed by atoms with Crippen molar-refractivity contribution in [2.45, 2.75) is 31.7 Å². The van der Waals surface area contributed by atoms with Gasteiger partial charge in [0.1, 0.15) is 5.75 Å². The van der Waals surface area contributed by atoms with Gasteiger partial charge in [-0.1, -0.05) is 44.2 Å². The molecule has 0 saturated heterocycles. The highest BCUT2D eigenvalue weighted by Crippen LogP contribution is 2.36. The van der Waals surface area contributed by atoms with Crippen molar-refractivity contribution >= 4 is 16.5 Å². The van der Waals surface area contributed by atoms with E-state index in [9.17, 15) is 13.2 Å². The molecule has 2 heterocycles. The van der Waals surface area contributed by atoms with Crippen LogP contribution in [0.2, 0.25) is 0 Å². The van der Waals surface area contributed by atoms with Gasteiger partial charge in [0.15, 0.2) is 17.1 Å². The quantitative estimate of drug-likeness (QED) is 0.591. The molecule has 1 aliphatic heterocycles. The zero-order chi connectivity index (χ0) is 19.7. The lowest BCUT2D eigenvalue weighted by Gasteiger charge is -2.31. The second kappa shape index (κ2) is 7.23. The van der Waals surface area contributed by atoms with Gasteiger partial charge in [-0.2, -0.15) is 13.2 Å². The summed E-state index contributed by atoms with van der Waals surface area (Å²) < 4.78 is 44.8. The van der Waals surface area contributed by atoms with Gasteiger partial charge in [-0.25, -0.2) is 4.98 Å². The van der Waals surface area contributed by atoms with Crippen molar-refractivity contribution in [1.82, 2.24) is 4.98 Å². The fourth-order valence-corrected chi connectivity index (χ4v) is 3.44. The highest BCUT2D eigenvalue weighted by molar-refractivity contribution is 7.13. The van der Waals surface area contributed by atoms with E-state index < -0.39 is 18.1 Å². The van der Waals surface area contributed by atoms with Crippen LogP contribution in [0.5, 0.6) is 5.75 Å². The molecule has 0 radical (unpaired) electrons. The average molecular weight is 392 g/mol. The Bertz CT molecular complexity index is 883. The van der Waals surface area contributed by atoms with E-state index in [2.05, 4.69) is 11.6 Å². The molecule has 0 fully saturated rings. The molecule has 1 aromatic carbocycles. The lowest BCUT2D eigenvalue weighted by atomic mass is 9.84. The van der Waals surface area contributed by atoms with Gasteiger partial charge < -0.3 is 4.74 Å². The second-order valence-electron chi connectivity index (χ2n) is 6.58. The van der Waals surface area contributed by atoms with Gasteiger partial charge >= 0.3 is 6.18 Å². The maximum atomic E-state index is 12.9. The smallest absolute Gasteiger partial charge is 0.434 e. The van der Waals surface area contributed by atoms with E-state index in [4.69, 9.17) is 4.74 Å². The number of anilines is 1. The Morgan fingerprint density at radius 3 is 2.63 bits per heavy atom. The third-order valence-electron chi connectivity index (χ3n) is 4.25. The first kappa shape index (κ1) is 19.2. The topological polar surface area (TPSA) is 25.4 Å². The van der Waals surface area contributed by atoms with Crippen molar-refractivity contribution in [2.24, 2.45) is 0 Å². The number of thiazole rings is 1. The van der Waals surface area contributed by atoms with Crippen LogP contribution < -0.4 is 9.64 Å². The number of alkyl halides is 3. The molecule has 142 valence electrons. The molecule has 1 aromatic heterocycles. The van der Waals surface area contributed by atoms with E-state index in [0.717, 1.165) is 22.3 Å². The molecule has 1 aliphatic rings. The number of allylic oxidation sites excluding steroid dienone is 3. The lowest BCUT2D eigenvalue weighted by molar-refractivity contribution is -0.140. The van der Waals surface area contributed by atoms with Gasteiger partial charge in [0.25, 0.3) is 0 Å². The molecule has 3 nitrogen and oxygen atoms in total. The van der Waals surface area contributed by atoms with Crippen molar-refractivity contribution in [3.05, 3.63) is 78.0 Å². The van der Waals surface area contributed by atoms with Crippen LogP contribution in [0.4, 0.5) is 18.3 Å². The molecular weight excluding hydrogens is 373 g/mol. The van der Waals surface area contributed by atoms with E-state index in [0.29, 0.717) is 5.75 Å². The van der Waals surface area contributed by atoms with E-state index in [1.54, 1.807) is 29.3 Å². The number of benzene rings is 1. The number of nitrogens with zero attached hydrogens (tertiary/aromatic N) is 2. The molecule has 27 heavy (non-hydrogen) atoms. The number of aromatic nitrogens is 1. The number of ether oxygens (including phenoxy) is 1. The summed E-state index contributed by atoms with van der Waals surface area (Å²) in [5, 5.41) is 1.22. The zero-order valence-electron chi connectivity index (χ0n) is 14.9. The molecule has 0 aliphatic carbocycles. The van der Waals surface area contributed by atoms with Crippen LogP contribution in [0.3, 0.4) is 0 Å². The largest absolute Gasteiger partial charge is 0.466 e. The van der Waals surface area contributed by atoms with Crippen LogP contribution in [0, 0.1) is 0 Å². The molecule has 0 spiro atoms. The molecule has 0 saturated carbocycles. The first-order valence-electron chi connectivity index (χ1n) is 8.28. The minimum absolute atomic E-state index is 0.216. The summed E-state index contributed by atoms with van der Waals surface area (Å²) in [5.41, 5.74) is -0.282. The molecule has 2 aromatic rings. The van der Waals surface area contributed by atoms with Gasteiger partial charge in [-0.05, 0) is 18.2 Å². The summed E-state index contributed by atoms with van der Waals surface area (Å²) in [4.78, 5) is 5.30. The van der Waals surface area contributed by atoms with Gasteiger partial charge in [0.2, 0.25) is 0 Å². The third-order valence-corrected chi connectivity index (χ3v) is 5.10. The van der Waals surface area contributed by atoms with Crippen LogP contribution in [0.1, 0.15) is 25.1 Å². The van der Waals surface area contributed by atoms with E-state index >= 15 is 0 Å². The van der Waals surface area contributed by atoms with Crippen LogP contribution in [0.15, 0.2) is 66.7 Å². The minimum atomic E-state index is -4.47. The SMILES string of the molecule is C=CC(C)(C)c1ccccc1OC1C=CC=CN1c1nc(C(F)(F)F)cs1. The Balaban J connectivity index is 1.91. The Morgan fingerprint density at radius 2 is 1.96 bits per heavy atom. The van der Waals surface area contributed by atoms with Crippen LogP contribution in [-0.4, -0.2) is 11.2 Å². The highest BCUT2D eigenvalue weighted by atomic mass is 32.1. The van der Waals surface area contributed by atoms with Crippen LogP contribution in [0.25, 0.3) is 0 Å². The first-order valence-corrected chi connectivity index (χ1v) is 9.16. The molecule has 0 amide bonds. The number of halogens is 3. The molecule has 0 N–H and O–H groups in total. The number of rotatable bonds is 5. The zero-order valence-corrected chi connectivity index (χ0v) is 15.7. The summed E-state index contributed by atoms with van der Waals surface area (Å²) in [5.74, 6) is 0.643. The first-order chi connectivity index (χ1) is 12.7. The lowest BCUT2D eigenvalue weighted by Crippen LogP contribution is -2.36. The molecular formula is C20H19F3N2OS. The molecule has 3 rings (SSSR count). The average Bonchev–Trinajstić information content (AvgIpc) is 3.13. The standard InChI is InChI=1S/C20H19F3N2OS/c1-4-19(2,3)14-9-5-6-10-15(14)26-17-11-7-8-12-25(17)18-24-16(13-27-18)20(21,22)23/h4-13,17H,1H2,2-3H3. The fraction of sp³-hybridized carbons (Fsp3) is 0.250. The van der Waals surface area contributed by atoms with Crippen LogP contribution >= 0.6 is 11.3 Å². The van der Waals surface area contributed by atoms with Gasteiger partial charge in [0, 0.05) is 22.6 Å². The monoisotopic (exact) mass is 392 g/mol. The maximum absolute atomic E-state index is 12.9. The summed E-state index contributed by atoms with van der Waals surface area (Å²) in [7, 11) is 0. The number of hydrogen-bond donors (Lipinski definition) is 0. The van der Waals surface area contributed by atoms with Crippen molar-refractivity contribution in [1.29, 1.82) is 0 Å². The van der Waals surface area contributed by atoms with Crippen molar-refractivity contribution < 1.29 is 17.9 Å². The van der Waals surface area contributed by atoms with Gasteiger partial charge in [-0.3, -0.25) is 4.90 Å². The second-order valence-corrected chi connectivity index (χ2v) is 7.41. The minimum Gasteiger partial charge on any atom is -0.466 e. The summed E-state index contributed by atoms with van der Waals surface area (Å²) >= 11 is 0.925. The van der Waals surface area contributed by atoms with E-state index in [1.165, 1.54) is 0 Å². The predicted molar refractivity (Wildman–Crippen MR) is 102 cm³/mol. The number of para-hydroxylation sites is 1. The Kier molecular flexibility index (Phi) is 5.15. The third kappa shape index (κ3) is 4.08. The molecule has 0 bridgehead atoms. The van der Waals surface area contributed by atoms with Crippen molar-refractivity contribution in [3.63, 3.8) is 0 Å². The fourth-order valence-electron chi connectivity index (χ4n) is 2.60. The van der Waals surface area contributed by atoms with Gasteiger partial charge in [-0.15, -0.1) is 17.9 Å². The maximum Gasteiger partial charge on any atom is 0.434 e. The molecule has 1 unspecified atom stereocenters. The van der Waals surface area contributed by atoms with Crippen molar-refractivity contribution in [3.8, 4) is 5.75 Å². The number of hydrogen-bond acceptors (Lipinski definition) is 4. The summed E-state index contributed by atoms with van der Waals surface area (Å²) in [6, 6.07) is 7.57. The normalized spacial score (nSPS) is 17.2. The van der Waals surface area contributed by atoms with Crippen LogP contribution in [-0.2, 0) is 11.6 Å². The van der Waals surface area contributed by atoms with Gasteiger partial charge in [0.05, 0.1) is 0 Å². The summed E-state index contributed by atoms with van der Waals surface area (Å²) in [6.07, 6.45) is 3.71. The van der Waals surface area contributed by atoms with Crippen molar-refractivity contribution in [2.75, 3.05) is 4.90 Å². The predicted octanol–water partition coefficient (Wildman–Crippen LogP) is 5.92. The Morgan fingerprint density at radius 1 is 1.22 bits per heavy atom. The molecule has 1 atom stereocenters. The van der Waals surface area contributed by atoms with E-state index in [-0.39, 0.29) is 10.5 Å².